The maximum Gasteiger partial charge on any atom is 0.151 e. The van der Waals surface area contributed by atoms with Crippen LogP contribution in [0.3, 0.4) is 0 Å². The molecule has 3 rings (SSSR count). The summed E-state index contributed by atoms with van der Waals surface area (Å²) in [5.41, 5.74) is 2.26. The van der Waals surface area contributed by atoms with E-state index >= 15 is 0 Å². The molecule has 2 aromatic carbocycles. The van der Waals surface area contributed by atoms with Crippen molar-refractivity contribution in [1.29, 1.82) is 0 Å². The molecule has 17 heavy (non-hydrogen) atoms. The van der Waals surface area contributed by atoms with Crippen molar-refractivity contribution in [2.45, 2.75) is 0 Å². The van der Waals surface area contributed by atoms with Crippen molar-refractivity contribution in [3.63, 3.8) is 0 Å². The van der Waals surface area contributed by atoms with Crippen LogP contribution >= 0.6 is 11.6 Å². The van der Waals surface area contributed by atoms with E-state index in [1.165, 1.54) is 0 Å². The lowest BCUT2D eigenvalue weighted by Crippen LogP contribution is -1.90. The van der Waals surface area contributed by atoms with Crippen molar-refractivity contribution >= 4 is 39.7 Å². The smallest absolute Gasteiger partial charge is 0.151 e. The zero-order valence-electron chi connectivity index (χ0n) is 8.85. The van der Waals surface area contributed by atoms with E-state index in [0.717, 1.165) is 28.1 Å². The van der Waals surface area contributed by atoms with Crippen molar-refractivity contribution < 1.29 is 4.79 Å². The number of aldehydes is 1. The number of rotatable bonds is 1. The summed E-state index contributed by atoms with van der Waals surface area (Å²) in [6.45, 7) is 0. The van der Waals surface area contributed by atoms with Crippen LogP contribution in [0, 0.1) is 0 Å². The van der Waals surface area contributed by atoms with Crippen LogP contribution in [0.1, 0.15) is 10.4 Å². The molecule has 0 aliphatic rings. The van der Waals surface area contributed by atoms with Gasteiger partial charge in [-0.15, -0.1) is 0 Å². The average Bonchev–Trinajstić information content (AvgIpc) is 2.36. The van der Waals surface area contributed by atoms with Gasteiger partial charge in [0.05, 0.1) is 11.0 Å². The predicted octanol–water partition coefficient (Wildman–Crippen LogP) is 3.85. The van der Waals surface area contributed by atoms with Crippen molar-refractivity contribution in [3.8, 4) is 0 Å². The molecule has 0 amide bonds. The fourth-order valence-electron chi connectivity index (χ4n) is 2.02. The van der Waals surface area contributed by atoms with E-state index in [1.807, 2.05) is 30.3 Å². The van der Waals surface area contributed by atoms with Gasteiger partial charge in [0, 0.05) is 21.4 Å². The van der Waals surface area contributed by atoms with Crippen LogP contribution in [0.15, 0.2) is 42.5 Å². The Morgan fingerprint density at radius 1 is 1.00 bits per heavy atom. The van der Waals surface area contributed by atoms with Gasteiger partial charge in [-0.25, -0.2) is 4.98 Å². The second kappa shape index (κ2) is 3.82. The maximum atomic E-state index is 11.3. The summed E-state index contributed by atoms with van der Waals surface area (Å²) in [5.74, 6) is 0. The lowest BCUT2D eigenvalue weighted by atomic mass is 10.0. The van der Waals surface area contributed by atoms with Gasteiger partial charge in [0.2, 0.25) is 0 Å². The van der Waals surface area contributed by atoms with Gasteiger partial charge in [-0.1, -0.05) is 29.8 Å². The van der Waals surface area contributed by atoms with Gasteiger partial charge >= 0.3 is 0 Å². The Hall–Kier alpha value is -1.93. The number of aromatic nitrogens is 1. The largest absolute Gasteiger partial charge is 0.298 e. The first-order valence-corrected chi connectivity index (χ1v) is 5.60. The highest BCUT2D eigenvalue weighted by atomic mass is 35.5. The van der Waals surface area contributed by atoms with E-state index < -0.39 is 0 Å². The number of carbonyl (C=O) groups excluding carboxylic acids is 1. The molecule has 3 heteroatoms. The molecular weight excluding hydrogens is 234 g/mol. The minimum Gasteiger partial charge on any atom is -0.298 e. The molecule has 0 bridgehead atoms. The molecule has 0 aliphatic heterocycles. The van der Waals surface area contributed by atoms with Crippen LogP contribution < -0.4 is 0 Å². The van der Waals surface area contributed by atoms with E-state index in [1.54, 1.807) is 12.1 Å². The number of hydrogen-bond donors (Lipinski definition) is 0. The molecule has 0 saturated carbocycles. The molecular formula is C14H8ClNO. The molecule has 0 N–H and O–H groups in total. The third-order valence-electron chi connectivity index (χ3n) is 2.80. The standard InChI is InChI=1S/C14H8ClNO/c15-9-5-6-14-11(7-9)12(8-17)10-3-1-2-4-13(10)16-14/h1-8H. The molecule has 1 aromatic heterocycles. The topological polar surface area (TPSA) is 30.0 Å². The van der Waals surface area contributed by atoms with Crippen molar-refractivity contribution in [2.75, 3.05) is 0 Å². The van der Waals surface area contributed by atoms with Crippen molar-refractivity contribution in [2.24, 2.45) is 0 Å². The first-order chi connectivity index (χ1) is 8.29. The third-order valence-corrected chi connectivity index (χ3v) is 3.04. The van der Waals surface area contributed by atoms with Crippen molar-refractivity contribution in [3.05, 3.63) is 53.1 Å². The Labute approximate surface area is 103 Å². The first-order valence-electron chi connectivity index (χ1n) is 5.23. The third kappa shape index (κ3) is 1.58. The van der Waals surface area contributed by atoms with Gasteiger partial charge in [-0.2, -0.15) is 0 Å². The normalized spacial score (nSPS) is 10.9. The van der Waals surface area contributed by atoms with Gasteiger partial charge in [0.15, 0.2) is 6.29 Å². The van der Waals surface area contributed by atoms with Gasteiger partial charge in [-0.05, 0) is 24.3 Å². The van der Waals surface area contributed by atoms with E-state index in [4.69, 9.17) is 11.6 Å². The quantitative estimate of drug-likeness (QED) is 0.478. The average molecular weight is 242 g/mol. The summed E-state index contributed by atoms with van der Waals surface area (Å²) in [6, 6.07) is 13.0. The summed E-state index contributed by atoms with van der Waals surface area (Å²) in [7, 11) is 0. The van der Waals surface area contributed by atoms with Crippen LogP contribution in [0.5, 0.6) is 0 Å². The van der Waals surface area contributed by atoms with E-state index in [-0.39, 0.29) is 0 Å². The van der Waals surface area contributed by atoms with Crippen LogP contribution in [0.2, 0.25) is 5.02 Å². The monoisotopic (exact) mass is 241 g/mol. The van der Waals surface area contributed by atoms with Gasteiger partial charge in [0.25, 0.3) is 0 Å². The molecule has 0 spiro atoms. The van der Waals surface area contributed by atoms with Gasteiger partial charge in [0.1, 0.15) is 0 Å². The van der Waals surface area contributed by atoms with Gasteiger partial charge < -0.3 is 0 Å². The Morgan fingerprint density at radius 3 is 2.59 bits per heavy atom. The maximum absolute atomic E-state index is 11.3. The number of nitrogens with zero attached hydrogens (tertiary/aromatic N) is 1. The zero-order valence-corrected chi connectivity index (χ0v) is 9.61. The second-order valence-corrected chi connectivity index (χ2v) is 4.26. The summed E-state index contributed by atoms with van der Waals surface area (Å²) < 4.78 is 0. The lowest BCUT2D eigenvalue weighted by Gasteiger charge is -2.05. The van der Waals surface area contributed by atoms with E-state index in [2.05, 4.69) is 4.98 Å². The fraction of sp³-hybridized carbons (Fsp3) is 0. The highest BCUT2D eigenvalue weighted by Crippen LogP contribution is 2.26. The molecule has 2 nitrogen and oxygen atoms in total. The summed E-state index contributed by atoms with van der Waals surface area (Å²) in [4.78, 5) is 15.8. The second-order valence-electron chi connectivity index (χ2n) is 3.82. The van der Waals surface area contributed by atoms with E-state index in [0.29, 0.717) is 10.6 Å². The SMILES string of the molecule is O=Cc1c2ccccc2nc2ccc(Cl)cc12. The molecule has 0 aliphatic carbocycles. The predicted molar refractivity (Wildman–Crippen MR) is 69.6 cm³/mol. The number of para-hydroxylation sites is 1. The minimum atomic E-state index is 0.609. The Balaban J connectivity index is 2.59. The number of pyridine rings is 1. The first kappa shape index (κ1) is 10.2. The summed E-state index contributed by atoms with van der Waals surface area (Å²) in [6.07, 6.45) is 0.864. The summed E-state index contributed by atoms with van der Waals surface area (Å²) >= 11 is 5.96. The number of benzene rings is 2. The minimum absolute atomic E-state index is 0.609. The van der Waals surface area contributed by atoms with Crippen LogP contribution in [-0.4, -0.2) is 11.3 Å². The van der Waals surface area contributed by atoms with Crippen LogP contribution in [-0.2, 0) is 0 Å². The molecule has 0 atom stereocenters. The molecule has 0 saturated heterocycles. The number of fused-ring (bicyclic) bond motifs is 2. The highest BCUT2D eigenvalue weighted by molar-refractivity contribution is 6.31. The van der Waals surface area contributed by atoms with E-state index in [9.17, 15) is 4.79 Å². The van der Waals surface area contributed by atoms with Crippen LogP contribution in [0.4, 0.5) is 0 Å². The lowest BCUT2D eigenvalue weighted by molar-refractivity contribution is 0.112. The molecule has 0 unspecified atom stereocenters. The van der Waals surface area contributed by atoms with Crippen molar-refractivity contribution in [1.82, 2.24) is 4.98 Å². The Bertz CT molecular complexity index is 737. The summed E-state index contributed by atoms with van der Waals surface area (Å²) in [5, 5.41) is 2.26. The number of carbonyl (C=O) groups is 1. The number of hydrogen-bond acceptors (Lipinski definition) is 2. The molecule has 82 valence electrons. The Kier molecular flexibility index (Phi) is 2.30. The van der Waals surface area contributed by atoms with Crippen LogP contribution in [0.25, 0.3) is 21.8 Å². The zero-order chi connectivity index (χ0) is 11.8. The fourth-order valence-corrected chi connectivity index (χ4v) is 2.19. The number of halogens is 1. The molecule has 0 fully saturated rings. The molecule has 0 radical (unpaired) electrons. The Morgan fingerprint density at radius 2 is 1.76 bits per heavy atom. The van der Waals surface area contributed by atoms with Gasteiger partial charge in [-0.3, -0.25) is 4.79 Å². The molecule has 3 aromatic rings. The highest BCUT2D eigenvalue weighted by Gasteiger charge is 2.08. The molecule has 1 heterocycles.